The second-order valence-electron chi connectivity index (χ2n) is 5.73. The third kappa shape index (κ3) is 4.15. The first-order valence-electron chi connectivity index (χ1n) is 8.08. The lowest BCUT2D eigenvalue weighted by Crippen LogP contribution is -2.22. The molecule has 3 rings (SSSR count). The average Bonchev–Trinajstić information content (AvgIpc) is 3.14. The molecule has 0 N–H and O–H groups in total. The van der Waals surface area contributed by atoms with Gasteiger partial charge in [-0.05, 0) is 17.7 Å². The SMILES string of the molecule is C=Cc1ccc(Oc2c(F)c(F)c(C(=O)OCC3COC(=O)O3)c(F)c2F)cc1. The molecule has 1 aliphatic heterocycles. The Hall–Kier alpha value is -3.56. The Balaban J connectivity index is 1.83. The molecule has 0 bridgehead atoms. The molecule has 1 fully saturated rings. The van der Waals surface area contributed by atoms with Gasteiger partial charge in [-0.15, -0.1) is 0 Å². The van der Waals surface area contributed by atoms with Gasteiger partial charge in [-0.25, -0.2) is 18.4 Å². The molecule has 0 aromatic heterocycles. The van der Waals surface area contributed by atoms with Crippen LogP contribution in [0.2, 0.25) is 0 Å². The maximum absolute atomic E-state index is 14.3. The molecule has 152 valence electrons. The predicted octanol–water partition coefficient (Wildman–Crippen LogP) is 4.37. The molecular weight excluding hydrogens is 400 g/mol. The lowest BCUT2D eigenvalue weighted by atomic mass is 10.1. The van der Waals surface area contributed by atoms with E-state index in [9.17, 15) is 27.2 Å². The van der Waals surface area contributed by atoms with E-state index in [1.54, 1.807) is 0 Å². The van der Waals surface area contributed by atoms with Crippen LogP contribution in [0, 0.1) is 23.3 Å². The molecule has 1 aliphatic rings. The van der Waals surface area contributed by atoms with Gasteiger partial charge in [0.2, 0.25) is 17.4 Å². The smallest absolute Gasteiger partial charge is 0.458 e. The van der Waals surface area contributed by atoms with Crippen molar-refractivity contribution >= 4 is 18.2 Å². The molecule has 0 radical (unpaired) electrons. The molecular formula is C19H12F4O6. The zero-order chi connectivity index (χ0) is 21.1. The Morgan fingerprint density at radius 1 is 1.10 bits per heavy atom. The maximum Gasteiger partial charge on any atom is 0.508 e. The van der Waals surface area contributed by atoms with E-state index >= 15 is 0 Å². The molecule has 2 aromatic carbocycles. The Morgan fingerprint density at radius 2 is 1.72 bits per heavy atom. The number of rotatable bonds is 6. The standard InChI is InChI=1S/C19H12F4O6/c1-2-9-3-5-10(6-4-9)28-17-15(22)13(20)12(14(21)16(17)23)18(24)26-7-11-8-27-19(25)29-11/h2-6,11H,1,7-8H2. The molecule has 0 saturated carbocycles. The molecule has 2 aromatic rings. The van der Waals surface area contributed by atoms with Gasteiger partial charge in [0.25, 0.3) is 0 Å². The van der Waals surface area contributed by atoms with Gasteiger partial charge < -0.3 is 18.9 Å². The highest BCUT2D eigenvalue weighted by molar-refractivity contribution is 5.90. The summed E-state index contributed by atoms with van der Waals surface area (Å²) in [5, 5.41) is 0. The fourth-order valence-electron chi connectivity index (χ4n) is 2.36. The molecule has 6 nitrogen and oxygen atoms in total. The fraction of sp³-hybridized carbons (Fsp3) is 0.158. The normalized spacial score (nSPS) is 15.4. The quantitative estimate of drug-likeness (QED) is 0.399. The van der Waals surface area contributed by atoms with Crippen LogP contribution in [0.5, 0.6) is 11.5 Å². The van der Waals surface area contributed by atoms with Crippen molar-refractivity contribution in [3.8, 4) is 11.5 Å². The van der Waals surface area contributed by atoms with Crippen LogP contribution in [0.25, 0.3) is 6.08 Å². The van der Waals surface area contributed by atoms with Gasteiger partial charge in [-0.3, -0.25) is 0 Å². The number of ether oxygens (including phenoxy) is 4. The summed E-state index contributed by atoms with van der Waals surface area (Å²) in [7, 11) is 0. The van der Waals surface area contributed by atoms with E-state index in [2.05, 4.69) is 20.8 Å². The van der Waals surface area contributed by atoms with Crippen LogP contribution >= 0.6 is 0 Å². The summed E-state index contributed by atoms with van der Waals surface area (Å²) >= 11 is 0. The van der Waals surface area contributed by atoms with Crippen LogP contribution in [-0.4, -0.2) is 31.4 Å². The van der Waals surface area contributed by atoms with E-state index in [0.29, 0.717) is 5.56 Å². The van der Waals surface area contributed by atoms with E-state index in [1.807, 2.05) is 0 Å². The number of hydrogen-bond acceptors (Lipinski definition) is 6. The lowest BCUT2D eigenvalue weighted by molar-refractivity contribution is 0.0288. The number of benzene rings is 2. The van der Waals surface area contributed by atoms with Crippen LogP contribution in [0.15, 0.2) is 30.8 Å². The number of hydrogen-bond donors (Lipinski definition) is 0. The lowest BCUT2D eigenvalue weighted by Gasteiger charge is -2.13. The van der Waals surface area contributed by atoms with Gasteiger partial charge in [-0.2, -0.15) is 8.78 Å². The second kappa shape index (κ2) is 8.21. The largest absolute Gasteiger partial charge is 0.508 e. The van der Waals surface area contributed by atoms with Gasteiger partial charge in [0.05, 0.1) is 0 Å². The van der Waals surface area contributed by atoms with Crippen molar-refractivity contribution in [1.82, 2.24) is 0 Å². The molecule has 0 amide bonds. The van der Waals surface area contributed by atoms with Gasteiger partial charge in [0, 0.05) is 0 Å². The van der Waals surface area contributed by atoms with Gasteiger partial charge in [0.1, 0.15) is 24.5 Å². The summed E-state index contributed by atoms with van der Waals surface area (Å²) in [5.74, 6) is -11.0. The van der Waals surface area contributed by atoms with Crippen LogP contribution in [0.3, 0.4) is 0 Å². The maximum atomic E-state index is 14.3. The van der Waals surface area contributed by atoms with E-state index in [1.165, 1.54) is 30.3 Å². The minimum atomic E-state index is -1.99. The van der Waals surface area contributed by atoms with Crippen molar-refractivity contribution in [2.75, 3.05) is 13.2 Å². The summed E-state index contributed by atoms with van der Waals surface area (Å²) in [6.07, 6.45) is -0.514. The highest BCUT2D eigenvalue weighted by atomic mass is 19.2. The Kier molecular flexibility index (Phi) is 5.71. The van der Waals surface area contributed by atoms with E-state index in [-0.39, 0.29) is 12.4 Å². The average molecular weight is 412 g/mol. The Labute approximate surface area is 161 Å². The summed E-state index contributed by atoms with van der Waals surface area (Å²) in [6, 6.07) is 5.60. The molecule has 0 aliphatic carbocycles. The van der Waals surface area contributed by atoms with E-state index in [0.717, 1.165) is 0 Å². The molecule has 10 heteroatoms. The molecule has 1 heterocycles. The molecule has 1 saturated heterocycles. The summed E-state index contributed by atoms with van der Waals surface area (Å²) < 4.78 is 75.5. The number of carbonyl (C=O) groups is 2. The van der Waals surface area contributed by atoms with Crippen molar-refractivity contribution in [3.63, 3.8) is 0 Å². The zero-order valence-corrected chi connectivity index (χ0v) is 14.5. The van der Waals surface area contributed by atoms with Crippen molar-refractivity contribution in [2.24, 2.45) is 0 Å². The first kappa shape index (κ1) is 20.2. The molecule has 1 unspecified atom stereocenters. The summed E-state index contributed by atoms with van der Waals surface area (Å²) in [6.45, 7) is 2.65. The first-order chi connectivity index (χ1) is 13.8. The van der Waals surface area contributed by atoms with Gasteiger partial charge in [0.15, 0.2) is 17.7 Å². The second-order valence-corrected chi connectivity index (χ2v) is 5.73. The topological polar surface area (TPSA) is 71.1 Å². The van der Waals surface area contributed by atoms with E-state index < -0.39 is 59.4 Å². The molecule has 0 spiro atoms. The number of halogens is 4. The molecule has 1 atom stereocenters. The Bertz CT molecular complexity index is 945. The van der Waals surface area contributed by atoms with Crippen LogP contribution in [0.4, 0.5) is 22.4 Å². The number of esters is 1. The van der Waals surface area contributed by atoms with Crippen LogP contribution in [0.1, 0.15) is 15.9 Å². The van der Waals surface area contributed by atoms with Crippen molar-refractivity contribution in [3.05, 3.63) is 65.2 Å². The number of carbonyl (C=O) groups excluding carboxylic acids is 2. The first-order valence-corrected chi connectivity index (χ1v) is 8.08. The van der Waals surface area contributed by atoms with Crippen LogP contribution < -0.4 is 4.74 Å². The van der Waals surface area contributed by atoms with Crippen LogP contribution in [-0.2, 0) is 14.2 Å². The summed E-state index contributed by atoms with van der Waals surface area (Å²) in [5.41, 5.74) is -0.910. The highest BCUT2D eigenvalue weighted by Crippen LogP contribution is 2.34. The predicted molar refractivity (Wildman–Crippen MR) is 89.4 cm³/mol. The minimum absolute atomic E-state index is 0.106. The Morgan fingerprint density at radius 3 is 2.24 bits per heavy atom. The third-order valence-corrected chi connectivity index (χ3v) is 3.81. The summed E-state index contributed by atoms with van der Waals surface area (Å²) in [4.78, 5) is 22.7. The fourth-order valence-corrected chi connectivity index (χ4v) is 2.36. The van der Waals surface area contributed by atoms with Crippen molar-refractivity contribution < 1.29 is 46.1 Å². The van der Waals surface area contributed by atoms with Crippen molar-refractivity contribution in [1.29, 1.82) is 0 Å². The highest BCUT2D eigenvalue weighted by Gasteiger charge is 2.33. The third-order valence-electron chi connectivity index (χ3n) is 3.81. The minimum Gasteiger partial charge on any atom is -0.458 e. The number of cyclic esters (lactones) is 2. The van der Waals surface area contributed by atoms with Gasteiger partial charge in [-0.1, -0.05) is 24.8 Å². The van der Waals surface area contributed by atoms with E-state index in [4.69, 9.17) is 4.74 Å². The molecule has 29 heavy (non-hydrogen) atoms. The van der Waals surface area contributed by atoms with Crippen molar-refractivity contribution in [2.45, 2.75) is 6.10 Å². The van der Waals surface area contributed by atoms with Gasteiger partial charge >= 0.3 is 12.1 Å². The monoisotopic (exact) mass is 412 g/mol. The zero-order valence-electron chi connectivity index (χ0n) is 14.5.